The molecule has 108 valence electrons. The predicted octanol–water partition coefficient (Wildman–Crippen LogP) is 6.46. The van der Waals surface area contributed by atoms with E-state index in [1.54, 1.807) is 0 Å². The summed E-state index contributed by atoms with van der Waals surface area (Å²) in [4.78, 5) is 0.517. The van der Waals surface area contributed by atoms with Gasteiger partial charge in [-0.15, -0.1) is 0 Å². The Morgan fingerprint density at radius 3 is 1.95 bits per heavy atom. The maximum Gasteiger partial charge on any atom is 0.0423 e. The molecular formula is C18H29Br. The van der Waals surface area contributed by atoms with Gasteiger partial charge in [0.2, 0.25) is 0 Å². The fourth-order valence-electron chi connectivity index (χ4n) is 2.94. The molecule has 19 heavy (non-hydrogen) atoms. The maximum absolute atomic E-state index is 3.96. The zero-order valence-corrected chi connectivity index (χ0v) is 14.6. The van der Waals surface area contributed by atoms with Gasteiger partial charge in [0, 0.05) is 4.83 Å². The monoisotopic (exact) mass is 324 g/mol. The van der Waals surface area contributed by atoms with E-state index in [0.717, 1.165) is 18.8 Å². The fraction of sp³-hybridized carbons (Fsp3) is 0.667. The largest absolute Gasteiger partial charge is 0.0836 e. The summed E-state index contributed by atoms with van der Waals surface area (Å²) in [5.41, 5.74) is 4.51. The molecular weight excluding hydrogens is 296 g/mol. The van der Waals surface area contributed by atoms with Crippen LogP contribution in [0.3, 0.4) is 0 Å². The highest BCUT2D eigenvalue weighted by Gasteiger charge is 2.19. The normalized spacial score (nSPS) is 12.9. The van der Waals surface area contributed by atoms with Crippen LogP contribution in [0, 0.1) is 5.92 Å². The summed E-state index contributed by atoms with van der Waals surface area (Å²) in [7, 11) is 0. The van der Waals surface area contributed by atoms with Crippen LogP contribution in [0.2, 0.25) is 0 Å². The molecule has 0 aliphatic carbocycles. The van der Waals surface area contributed by atoms with Crippen LogP contribution in [0.5, 0.6) is 0 Å². The highest BCUT2D eigenvalue weighted by molar-refractivity contribution is 9.09. The number of benzene rings is 1. The van der Waals surface area contributed by atoms with E-state index in [-0.39, 0.29) is 0 Å². The first-order valence-electron chi connectivity index (χ1n) is 7.93. The second-order valence-corrected chi connectivity index (χ2v) is 6.46. The van der Waals surface area contributed by atoms with E-state index in [4.69, 9.17) is 0 Å². The van der Waals surface area contributed by atoms with E-state index in [1.807, 2.05) is 0 Å². The molecule has 0 saturated carbocycles. The van der Waals surface area contributed by atoms with Gasteiger partial charge in [0.15, 0.2) is 0 Å². The molecule has 0 aromatic heterocycles. The first kappa shape index (κ1) is 16.8. The van der Waals surface area contributed by atoms with Gasteiger partial charge in [-0.1, -0.05) is 74.7 Å². The lowest BCUT2D eigenvalue weighted by Crippen LogP contribution is -2.08. The van der Waals surface area contributed by atoms with Gasteiger partial charge in [0.1, 0.15) is 0 Å². The number of hydrogen-bond donors (Lipinski definition) is 0. The van der Waals surface area contributed by atoms with Crippen LogP contribution in [0.25, 0.3) is 0 Å². The van der Waals surface area contributed by atoms with E-state index < -0.39 is 0 Å². The summed E-state index contributed by atoms with van der Waals surface area (Å²) in [6, 6.07) is 7.09. The Kier molecular flexibility index (Phi) is 7.75. The third-order valence-corrected chi connectivity index (χ3v) is 5.32. The predicted molar refractivity (Wildman–Crippen MR) is 90.2 cm³/mol. The van der Waals surface area contributed by atoms with Gasteiger partial charge in [-0.3, -0.25) is 0 Å². The summed E-state index contributed by atoms with van der Waals surface area (Å²) >= 11 is 3.96. The summed E-state index contributed by atoms with van der Waals surface area (Å²) in [5.74, 6) is 0.771. The third-order valence-electron chi connectivity index (χ3n) is 4.04. The SMILES string of the molecule is CCCC(CCC)C(Br)c1ccc(CC)c(CC)c1. The molecule has 1 heteroatoms. The van der Waals surface area contributed by atoms with E-state index in [0.29, 0.717) is 4.83 Å². The van der Waals surface area contributed by atoms with Gasteiger partial charge in [-0.25, -0.2) is 0 Å². The van der Waals surface area contributed by atoms with Crippen molar-refractivity contribution in [3.63, 3.8) is 0 Å². The van der Waals surface area contributed by atoms with Crippen molar-refractivity contribution in [3.8, 4) is 0 Å². The number of halogens is 1. The molecule has 1 atom stereocenters. The van der Waals surface area contributed by atoms with Crippen molar-refractivity contribution in [1.29, 1.82) is 0 Å². The van der Waals surface area contributed by atoms with Crippen molar-refractivity contribution in [2.24, 2.45) is 5.92 Å². The van der Waals surface area contributed by atoms with Crippen LogP contribution in [-0.2, 0) is 12.8 Å². The first-order valence-corrected chi connectivity index (χ1v) is 8.85. The van der Waals surface area contributed by atoms with Gasteiger partial charge in [0.25, 0.3) is 0 Å². The molecule has 0 nitrogen and oxygen atoms in total. The lowest BCUT2D eigenvalue weighted by molar-refractivity contribution is 0.435. The Morgan fingerprint density at radius 1 is 0.895 bits per heavy atom. The van der Waals surface area contributed by atoms with Crippen LogP contribution < -0.4 is 0 Å². The molecule has 0 aliphatic heterocycles. The summed E-state index contributed by atoms with van der Waals surface area (Å²) in [6.07, 6.45) is 7.48. The van der Waals surface area contributed by atoms with Crippen molar-refractivity contribution in [2.75, 3.05) is 0 Å². The van der Waals surface area contributed by atoms with Gasteiger partial charge >= 0.3 is 0 Å². The average molecular weight is 325 g/mol. The van der Waals surface area contributed by atoms with Crippen LogP contribution in [0.4, 0.5) is 0 Å². The molecule has 1 rings (SSSR count). The molecule has 0 saturated heterocycles. The molecule has 0 N–H and O–H groups in total. The molecule has 1 aromatic carbocycles. The summed E-state index contributed by atoms with van der Waals surface area (Å²) in [6.45, 7) is 9.09. The van der Waals surface area contributed by atoms with E-state index in [9.17, 15) is 0 Å². The van der Waals surface area contributed by atoms with Gasteiger partial charge < -0.3 is 0 Å². The maximum atomic E-state index is 3.96. The Hall–Kier alpha value is -0.300. The van der Waals surface area contributed by atoms with E-state index >= 15 is 0 Å². The molecule has 0 heterocycles. The smallest absolute Gasteiger partial charge is 0.0423 e. The fourth-order valence-corrected chi connectivity index (χ4v) is 3.76. The van der Waals surface area contributed by atoms with E-state index in [2.05, 4.69) is 61.8 Å². The van der Waals surface area contributed by atoms with E-state index in [1.165, 1.54) is 42.4 Å². The third kappa shape index (κ3) is 4.63. The van der Waals surface area contributed by atoms with Gasteiger partial charge in [-0.2, -0.15) is 0 Å². The Bertz CT molecular complexity index is 364. The average Bonchev–Trinajstić information content (AvgIpc) is 2.45. The minimum Gasteiger partial charge on any atom is -0.0836 e. The lowest BCUT2D eigenvalue weighted by atomic mass is 9.89. The van der Waals surface area contributed by atoms with Crippen LogP contribution in [0.15, 0.2) is 18.2 Å². The molecule has 0 spiro atoms. The standard InChI is InChI=1S/C18H29Br/c1-5-9-16(10-6-2)18(19)17-12-11-14(7-3)15(8-4)13-17/h11-13,16,18H,5-10H2,1-4H3. The van der Waals surface area contributed by atoms with Crippen molar-refractivity contribution < 1.29 is 0 Å². The van der Waals surface area contributed by atoms with Crippen LogP contribution in [-0.4, -0.2) is 0 Å². The minimum atomic E-state index is 0.517. The number of hydrogen-bond acceptors (Lipinski definition) is 0. The molecule has 0 radical (unpaired) electrons. The Morgan fingerprint density at radius 2 is 1.47 bits per heavy atom. The molecule has 0 fully saturated rings. The second kappa shape index (κ2) is 8.79. The highest BCUT2D eigenvalue weighted by Crippen LogP contribution is 2.37. The molecule has 1 unspecified atom stereocenters. The van der Waals surface area contributed by atoms with Crippen molar-refractivity contribution in [3.05, 3.63) is 34.9 Å². The topological polar surface area (TPSA) is 0 Å². The number of aryl methyl sites for hydroxylation is 2. The zero-order chi connectivity index (χ0) is 14.3. The summed E-state index contributed by atoms with van der Waals surface area (Å²) < 4.78 is 0. The Balaban J connectivity index is 2.93. The van der Waals surface area contributed by atoms with Crippen molar-refractivity contribution in [2.45, 2.75) is 71.0 Å². The molecule has 1 aromatic rings. The zero-order valence-electron chi connectivity index (χ0n) is 13.0. The number of rotatable bonds is 8. The minimum absolute atomic E-state index is 0.517. The summed E-state index contributed by atoms with van der Waals surface area (Å²) in [5, 5.41) is 0. The molecule has 0 amide bonds. The second-order valence-electron chi connectivity index (χ2n) is 5.47. The highest BCUT2D eigenvalue weighted by atomic mass is 79.9. The quantitative estimate of drug-likeness (QED) is 0.481. The lowest BCUT2D eigenvalue weighted by Gasteiger charge is -2.23. The number of alkyl halides is 1. The van der Waals surface area contributed by atoms with Crippen molar-refractivity contribution >= 4 is 15.9 Å². The first-order chi connectivity index (χ1) is 9.17. The molecule has 0 aliphatic rings. The van der Waals surface area contributed by atoms with Crippen LogP contribution in [0.1, 0.15) is 74.9 Å². The molecule has 0 bridgehead atoms. The van der Waals surface area contributed by atoms with Gasteiger partial charge in [-0.05, 0) is 48.3 Å². The van der Waals surface area contributed by atoms with Gasteiger partial charge in [0.05, 0.1) is 0 Å². The van der Waals surface area contributed by atoms with Crippen LogP contribution >= 0.6 is 15.9 Å². The van der Waals surface area contributed by atoms with Crippen molar-refractivity contribution in [1.82, 2.24) is 0 Å². The Labute approximate surface area is 128 Å².